The van der Waals surface area contributed by atoms with Crippen molar-refractivity contribution in [2.24, 2.45) is 0 Å². The Bertz CT molecular complexity index is 115. The molecule has 2 nitrogen and oxygen atoms in total. The van der Waals surface area contributed by atoms with Gasteiger partial charge in [0.15, 0.2) is 0 Å². The Morgan fingerprint density at radius 1 is 1.00 bits per heavy atom. The highest BCUT2D eigenvalue weighted by Crippen LogP contribution is 1.99. The van der Waals surface area contributed by atoms with Crippen LogP contribution in [0.1, 0.15) is 0 Å². The van der Waals surface area contributed by atoms with Crippen LogP contribution in [0.25, 0.3) is 0 Å². The van der Waals surface area contributed by atoms with E-state index in [0.29, 0.717) is 0 Å². The van der Waals surface area contributed by atoms with Crippen LogP contribution in [-0.4, -0.2) is 9.97 Å². The quantitative estimate of drug-likeness (QED) is 0.562. The number of nitrogens with zero attached hydrogens (tertiary/aromatic N) is 2. The van der Waals surface area contributed by atoms with Crippen LogP contribution in [0.5, 0.6) is 0 Å². The van der Waals surface area contributed by atoms with Crippen molar-refractivity contribution in [2.45, 2.75) is 0 Å². The zero-order valence-electron chi connectivity index (χ0n) is 4.84. The highest BCUT2D eigenvalue weighted by Gasteiger charge is 1.93. The minimum Gasteiger partial charge on any atom is -0.245 e. The number of hydrogen-bond acceptors (Lipinski definition) is 2. The van der Waals surface area contributed by atoms with E-state index in [1.54, 1.807) is 18.5 Å². The van der Waals surface area contributed by atoms with Gasteiger partial charge in [-0.1, -0.05) is 0 Å². The lowest BCUT2D eigenvalue weighted by atomic mass is 10.7. The summed E-state index contributed by atoms with van der Waals surface area (Å²) >= 11 is 0. The lowest BCUT2D eigenvalue weighted by Crippen LogP contribution is -1.66. The number of rotatable bonds is 0. The van der Waals surface area contributed by atoms with Gasteiger partial charge < -0.3 is 0 Å². The van der Waals surface area contributed by atoms with Gasteiger partial charge in [-0.3, -0.25) is 0 Å². The van der Waals surface area contributed by atoms with Crippen LogP contribution in [0.4, 0.5) is 13.2 Å². The predicted octanol–water partition coefficient (Wildman–Crippen LogP) is 1.82. The van der Waals surface area contributed by atoms with E-state index in [2.05, 4.69) is 9.97 Å². The van der Waals surface area contributed by atoms with E-state index in [0.717, 1.165) is 0 Å². The molecule has 0 aromatic carbocycles. The Morgan fingerprint density at radius 3 is 1.50 bits per heavy atom. The van der Waals surface area contributed by atoms with Gasteiger partial charge in [0.1, 0.15) is 6.33 Å². The maximum atomic E-state index is 9.58. The molecule has 1 heterocycles. The Kier molecular flexibility index (Phi) is 5.32. The standard InChI is InChI=1S/C4H4N2.CF3/c1-2-5-4-6-3-1;2-1(3)4/h1-4H;. The van der Waals surface area contributed by atoms with Crippen molar-refractivity contribution < 1.29 is 13.2 Å². The molecule has 1 aromatic rings. The molecule has 10 heavy (non-hydrogen) atoms. The lowest BCUT2D eigenvalue weighted by molar-refractivity contribution is 0.142. The molecular formula is C5H4F3N2. The number of aromatic nitrogens is 2. The van der Waals surface area contributed by atoms with Gasteiger partial charge >= 0.3 is 6.68 Å². The smallest absolute Gasteiger partial charge is 0.245 e. The maximum Gasteiger partial charge on any atom is 0.487 e. The predicted molar refractivity (Wildman–Crippen MR) is 28.6 cm³/mol. The molecule has 0 aliphatic rings. The van der Waals surface area contributed by atoms with Crippen LogP contribution in [0, 0.1) is 6.68 Å². The van der Waals surface area contributed by atoms with Crippen molar-refractivity contribution in [3.63, 3.8) is 0 Å². The van der Waals surface area contributed by atoms with Gasteiger partial charge in [-0.15, -0.1) is 0 Å². The lowest BCUT2D eigenvalue weighted by Gasteiger charge is -1.70. The molecule has 0 spiro atoms. The number of halogens is 3. The van der Waals surface area contributed by atoms with E-state index in [9.17, 15) is 13.2 Å². The first-order chi connectivity index (χ1) is 4.73. The SMILES string of the molecule is F[C](F)F.c1cncnc1. The molecule has 5 heteroatoms. The summed E-state index contributed by atoms with van der Waals surface area (Å²) in [5.74, 6) is 0. The summed E-state index contributed by atoms with van der Waals surface area (Å²) < 4.78 is 28.8. The largest absolute Gasteiger partial charge is 0.487 e. The molecule has 0 saturated carbocycles. The second-order valence-corrected chi connectivity index (χ2v) is 1.12. The van der Waals surface area contributed by atoms with Crippen LogP contribution in [0.2, 0.25) is 0 Å². The van der Waals surface area contributed by atoms with Crippen molar-refractivity contribution in [2.75, 3.05) is 0 Å². The normalized spacial score (nSPS) is 8.40. The molecule has 1 rings (SSSR count). The number of hydrogen-bond donors (Lipinski definition) is 0. The molecule has 0 fully saturated rings. The van der Waals surface area contributed by atoms with Gasteiger partial charge in [0, 0.05) is 12.4 Å². The summed E-state index contributed by atoms with van der Waals surface area (Å²) in [5.41, 5.74) is 0. The first-order valence-corrected chi connectivity index (χ1v) is 2.27. The van der Waals surface area contributed by atoms with E-state index in [4.69, 9.17) is 0 Å². The van der Waals surface area contributed by atoms with Crippen molar-refractivity contribution in [1.29, 1.82) is 0 Å². The topological polar surface area (TPSA) is 25.8 Å². The summed E-state index contributed by atoms with van der Waals surface area (Å²) in [6.45, 7) is -3.08. The van der Waals surface area contributed by atoms with Crippen LogP contribution in [0.3, 0.4) is 0 Å². The Labute approximate surface area is 55.7 Å². The van der Waals surface area contributed by atoms with Crippen molar-refractivity contribution in [3.8, 4) is 0 Å². The van der Waals surface area contributed by atoms with Crippen LogP contribution >= 0.6 is 0 Å². The molecule has 55 valence electrons. The highest BCUT2D eigenvalue weighted by molar-refractivity contribution is 4.74. The minimum atomic E-state index is -3.08. The summed E-state index contributed by atoms with van der Waals surface area (Å²) in [5, 5.41) is 0. The van der Waals surface area contributed by atoms with Gasteiger partial charge in [-0.05, 0) is 6.07 Å². The average molecular weight is 149 g/mol. The Hall–Kier alpha value is -1.13. The Morgan fingerprint density at radius 2 is 1.40 bits per heavy atom. The zero-order valence-corrected chi connectivity index (χ0v) is 4.84. The van der Waals surface area contributed by atoms with E-state index in [1.807, 2.05) is 0 Å². The molecule has 0 amide bonds. The molecule has 0 aliphatic carbocycles. The van der Waals surface area contributed by atoms with Gasteiger partial charge in [0.25, 0.3) is 0 Å². The second kappa shape index (κ2) is 6.00. The third kappa shape index (κ3) is 9.98. The van der Waals surface area contributed by atoms with E-state index in [-0.39, 0.29) is 0 Å². The summed E-state index contributed by atoms with van der Waals surface area (Å²) in [6, 6.07) is 1.78. The molecule has 0 atom stereocenters. The molecule has 0 N–H and O–H groups in total. The molecule has 1 aromatic heterocycles. The fourth-order valence-electron chi connectivity index (χ4n) is 0.253. The van der Waals surface area contributed by atoms with E-state index in [1.165, 1.54) is 6.33 Å². The summed E-state index contributed by atoms with van der Waals surface area (Å²) in [7, 11) is 0. The van der Waals surface area contributed by atoms with E-state index < -0.39 is 6.68 Å². The van der Waals surface area contributed by atoms with E-state index >= 15 is 0 Å². The second-order valence-electron chi connectivity index (χ2n) is 1.12. The van der Waals surface area contributed by atoms with Gasteiger partial charge in [-0.25, -0.2) is 9.97 Å². The zero-order chi connectivity index (χ0) is 7.82. The third-order valence-electron chi connectivity index (χ3n) is 0.478. The van der Waals surface area contributed by atoms with Gasteiger partial charge in [-0.2, -0.15) is 13.2 Å². The van der Waals surface area contributed by atoms with Crippen molar-refractivity contribution in [3.05, 3.63) is 31.5 Å². The molecule has 0 saturated heterocycles. The van der Waals surface area contributed by atoms with Crippen LogP contribution in [-0.2, 0) is 0 Å². The van der Waals surface area contributed by atoms with Crippen LogP contribution < -0.4 is 0 Å². The molecular weight excluding hydrogens is 145 g/mol. The molecule has 0 unspecified atom stereocenters. The highest BCUT2D eigenvalue weighted by atomic mass is 19.4. The van der Waals surface area contributed by atoms with Crippen molar-refractivity contribution in [1.82, 2.24) is 9.97 Å². The van der Waals surface area contributed by atoms with Crippen molar-refractivity contribution >= 4 is 0 Å². The third-order valence-corrected chi connectivity index (χ3v) is 0.478. The molecule has 1 radical (unpaired) electrons. The summed E-state index contributed by atoms with van der Waals surface area (Å²) in [6.07, 6.45) is 4.88. The fourth-order valence-corrected chi connectivity index (χ4v) is 0.253. The Balaban J connectivity index is 0.000000180. The van der Waals surface area contributed by atoms with Gasteiger partial charge in [0.2, 0.25) is 0 Å². The minimum absolute atomic E-state index is 1.50. The summed E-state index contributed by atoms with van der Waals surface area (Å²) in [4.78, 5) is 7.35. The molecule has 0 bridgehead atoms. The first-order valence-electron chi connectivity index (χ1n) is 2.27. The fraction of sp³-hybridized carbons (Fsp3) is 0. The average Bonchev–Trinajstić information content (AvgIpc) is 1.90. The monoisotopic (exact) mass is 149 g/mol. The van der Waals surface area contributed by atoms with Gasteiger partial charge in [0.05, 0.1) is 0 Å². The first kappa shape index (κ1) is 8.87. The van der Waals surface area contributed by atoms with Crippen LogP contribution in [0.15, 0.2) is 24.8 Å². The molecule has 0 aliphatic heterocycles. The maximum absolute atomic E-state index is 9.58.